The molecule has 0 aliphatic carbocycles. The van der Waals surface area contributed by atoms with Gasteiger partial charge < -0.3 is 11.1 Å². The molecule has 1 amide bonds. The zero-order valence-electron chi connectivity index (χ0n) is 10.5. The summed E-state index contributed by atoms with van der Waals surface area (Å²) >= 11 is 11.7. The standard InChI is InChI=1S/C13H9Cl2N3O3/c14-7-1-3-10(15)11(5-7)17-13(19)9-6-8(16)2-4-12(9)18(20)21/h1-6H,16H2,(H,17,19). The topological polar surface area (TPSA) is 98.3 Å². The van der Waals surface area contributed by atoms with E-state index in [2.05, 4.69) is 5.32 Å². The molecule has 0 bridgehead atoms. The monoisotopic (exact) mass is 325 g/mol. The van der Waals surface area contributed by atoms with Crippen LogP contribution in [-0.4, -0.2) is 10.8 Å². The number of hydrogen-bond donors (Lipinski definition) is 2. The Morgan fingerprint density at radius 2 is 1.90 bits per heavy atom. The van der Waals surface area contributed by atoms with Gasteiger partial charge in [-0.05, 0) is 30.3 Å². The van der Waals surface area contributed by atoms with E-state index in [1.54, 1.807) is 6.07 Å². The zero-order valence-corrected chi connectivity index (χ0v) is 12.0. The summed E-state index contributed by atoms with van der Waals surface area (Å²) in [5.41, 5.74) is 5.55. The summed E-state index contributed by atoms with van der Waals surface area (Å²) in [6, 6.07) is 8.26. The van der Waals surface area contributed by atoms with Gasteiger partial charge in [0.15, 0.2) is 0 Å². The minimum absolute atomic E-state index is 0.156. The minimum atomic E-state index is -0.696. The number of nitrogens with zero attached hydrogens (tertiary/aromatic N) is 1. The summed E-state index contributed by atoms with van der Waals surface area (Å²) in [7, 11) is 0. The van der Waals surface area contributed by atoms with Gasteiger partial charge in [-0.15, -0.1) is 0 Å². The summed E-state index contributed by atoms with van der Waals surface area (Å²) in [6.07, 6.45) is 0. The number of nitrogen functional groups attached to an aromatic ring is 1. The molecule has 0 atom stereocenters. The van der Waals surface area contributed by atoms with Crippen molar-refractivity contribution in [2.75, 3.05) is 11.1 Å². The molecule has 0 aromatic heterocycles. The SMILES string of the molecule is Nc1ccc([N+](=O)[O-])c(C(=O)Nc2cc(Cl)ccc2Cl)c1. The molecule has 0 unspecified atom stereocenters. The normalized spacial score (nSPS) is 10.2. The van der Waals surface area contributed by atoms with E-state index in [9.17, 15) is 14.9 Å². The fourth-order valence-electron chi connectivity index (χ4n) is 1.68. The van der Waals surface area contributed by atoms with Crippen LogP contribution >= 0.6 is 23.2 Å². The second-order valence-electron chi connectivity index (χ2n) is 4.11. The van der Waals surface area contributed by atoms with E-state index < -0.39 is 10.8 Å². The Morgan fingerprint density at radius 1 is 1.19 bits per heavy atom. The lowest BCUT2D eigenvalue weighted by Gasteiger charge is -2.08. The van der Waals surface area contributed by atoms with Crippen LogP contribution in [-0.2, 0) is 0 Å². The van der Waals surface area contributed by atoms with Crippen molar-refractivity contribution in [1.29, 1.82) is 0 Å². The summed E-state index contributed by atoms with van der Waals surface area (Å²) in [4.78, 5) is 22.5. The average molecular weight is 326 g/mol. The number of anilines is 2. The highest BCUT2D eigenvalue weighted by atomic mass is 35.5. The van der Waals surface area contributed by atoms with E-state index in [4.69, 9.17) is 28.9 Å². The third kappa shape index (κ3) is 3.42. The maximum atomic E-state index is 12.2. The first-order chi connectivity index (χ1) is 9.88. The molecule has 2 rings (SSSR count). The van der Waals surface area contributed by atoms with Gasteiger partial charge in [0.2, 0.25) is 0 Å². The van der Waals surface area contributed by atoms with Gasteiger partial charge in [0.25, 0.3) is 11.6 Å². The maximum Gasteiger partial charge on any atom is 0.282 e. The largest absolute Gasteiger partial charge is 0.399 e. The van der Waals surface area contributed by atoms with Crippen molar-refractivity contribution in [3.05, 3.63) is 62.1 Å². The third-order valence-electron chi connectivity index (χ3n) is 2.64. The highest BCUT2D eigenvalue weighted by Crippen LogP contribution is 2.27. The lowest BCUT2D eigenvalue weighted by atomic mass is 10.1. The molecule has 3 N–H and O–H groups in total. The van der Waals surface area contributed by atoms with Gasteiger partial charge in [0.1, 0.15) is 5.56 Å². The van der Waals surface area contributed by atoms with E-state index in [0.29, 0.717) is 5.02 Å². The van der Waals surface area contributed by atoms with Crippen molar-refractivity contribution in [2.24, 2.45) is 0 Å². The van der Waals surface area contributed by atoms with Crippen molar-refractivity contribution in [3.63, 3.8) is 0 Å². The first-order valence-corrected chi connectivity index (χ1v) is 6.44. The van der Waals surface area contributed by atoms with Gasteiger partial charge in [-0.2, -0.15) is 0 Å². The van der Waals surface area contributed by atoms with Gasteiger partial charge in [0.05, 0.1) is 15.6 Å². The Kier molecular flexibility index (Phi) is 4.30. The van der Waals surface area contributed by atoms with Crippen LogP contribution in [0, 0.1) is 10.1 Å². The molecule has 0 fully saturated rings. The number of nitrogens with one attached hydrogen (secondary N) is 1. The van der Waals surface area contributed by atoms with E-state index in [1.165, 1.54) is 30.3 Å². The van der Waals surface area contributed by atoms with Crippen molar-refractivity contribution in [2.45, 2.75) is 0 Å². The van der Waals surface area contributed by atoms with Crippen LogP contribution in [0.15, 0.2) is 36.4 Å². The van der Waals surface area contributed by atoms with E-state index in [0.717, 1.165) is 0 Å². The fourth-order valence-corrected chi connectivity index (χ4v) is 2.01. The van der Waals surface area contributed by atoms with Crippen LogP contribution in [0.25, 0.3) is 0 Å². The number of rotatable bonds is 3. The Labute approximate surface area is 129 Å². The van der Waals surface area contributed by atoms with E-state index in [1.807, 2.05) is 0 Å². The van der Waals surface area contributed by atoms with Crippen molar-refractivity contribution in [3.8, 4) is 0 Å². The van der Waals surface area contributed by atoms with Crippen LogP contribution in [0.5, 0.6) is 0 Å². The lowest BCUT2D eigenvalue weighted by Crippen LogP contribution is -2.14. The molecule has 2 aromatic rings. The third-order valence-corrected chi connectivity index (χ3v) is 3.20. The van der Waals surface area contributed by atoms with Crippen LogP contribution in [0.2, 0.25) is 10.0 Å². The van der Waals surface area contributed by atoms with Crippen LogP contribution in [0.3, 0.4) is 0 Å². The number of hydrogen-bond acceptors (Lipinski definition) is 4. The summed E-state index contributed by atoms with van der Waals surface area (Å²) in [5.74, 6) is -0.696. The zero-order chi connectivity index (χ0) is 15.6. The number of nitro groups is 1. The first-order valence-electron chi connectivity index (χ1n) is 5.69. The summed E-state index contributed by atoms with van der Waals surface area (Å²) in [6.45, 7) is 0. The molecule has 0 radical (unpaired) electrons. The molecule has 8 heteroatoms. The molecule has 21 heavy (non-hydrogen) atoms. The number of benzene rings is 2. The maximum absolute atomic E-state index is 12.2. The molecule has 0 aliphatic rings. The summed E-state index contributed by atoms with van der Waals surface area (Å²) in [5, 5.41) is 14.1. The van der Waals surface area contributed by atoms with Gasteiger partial charge >= 0.3 is 0 Å². The Balaban J connectivity index is 2.39. The Morgan fingerprint density at radius 3 is 2.57 bits per heavy atom. The van der Waals surface area contributed by atoms with E-state index in [-0.39, 0.29) is 27.6 Å². The number of carbonyl (C=O) groups excluding carboxylic acids is 1. The number of halogens is 2. The molecular formula is C13H9Cl2N3O3. The van der Waals surface area contributed by atoms with Crippen LogP contribution in [0.1, 0.15) is 10.4 Å². The highest BCUT2D eigenvalue weighted by Gasteiger charge is 2.21. The lowest BCUT2D eigenvalue weighted by molar-refractivity contribution is -0.385. The molecule has 108 valence electrons. The quantitative estimate of drug-likeness (QED) is 0.510. The van der Waals surface area contributed by atoms with Gasteiger partial charge in [0, 0.05) is 16.8 Å². The number of nitro benzene ring substituents is 1. The summed E-state index contributed by atoms with van der Waals surface area (Å²) < 4.78 is 0. The van der Waals surface area contributed by atoms with Gasteiger partial charge in [-0.1, -0.05) is 23.2 Å². The molecule has 0 heterocycles. The molecule has 0 saturated heterocycles. The predicted octanol–water partition coefficient (Wildman–Crippen LogP) is 3.74. The number of nitrogens with two attached hydrogens (primary N) is 1. The van der Waals surface area contributed by atoms with Crippen molar-refractivity contribution >= 4 is 46.2 Å². The highest BCUT2D eigenvalue weighted by molar-refractivity contribution is 6.36. The second kappa shape index (κ2) is 5.99. The fraction of sp³-hybridized carbons (Fsp3) is 0. The molecule has 2 aromatic carbocycles. The van der Waals surface area contributed by atoms with Gasteiger partial charge in [-0.3, -0.25) is 14.9 Å². The molecule has 0 aliphatic heterocycles. The molecule has 0 saturated carbocycles. The smallest absolute Gasteiger partial charge is 0.282 e. The van der Waals surface area contributed by atoms with Crippen molar-refractivity contribution in [1.82, 2.24) is 0 Å². The number of carbonyl (C=O) groups is 1. The minimum Gasteiger partial charge on any atom is -0.399 e. The van der Waals surface area contributed by atoms with Crippen molar-refractivity contribution < 1.29 is 9.72 Å². The Bertz CT molecular complexity index is 735. The number of amides is 1. The van der Waals surface area contributed by atoms with Crippen LogP contribution < -0.4 is 11.1 Å². The average Bonchev–Trinajstić information content (AvgIpc) is 2.42. The van der Waals surface area contributed by atoms with Gasteiger partial charge in [-0.25, -0.2) is 0 Å². The molecule has 6 nitrogen and oxygen atoms in total. The Hall–Kier alpha value is -2.31. The van der Waals surface area contributed by atoms with E-state index >= 15 is 0 Å². The predicted molar refractivity (Wildman–Crippen MR) is 81.9 cm³/mol. The van der Waals surface area contributed by atoms with Crippen LogP contribution in [0.4, 0.5) is 17.1 Å². The molecular weight excluding hydrogens is 317 g/mol. The molecule has 0 spiro atoms. The second-order valence-corrected chi connectivity index (χ2v) is 4.96. The first kappa shape index (κ1) is 15.1.